The third kappa shape index (κ3) is 8.16. The number of nitrogens with one attached hydrogen (secondary N) is 1. The van der Waals surface area contributed by atoms with Gasteiger partial charge in [-0.2, -0.15) is 0 Å². The van der Waals surface area contributed by atoms with Crippen molar-refractivity contribution in [2.75, 3.05) is 44.1 Å². The number of methoxy groups -OCH3 is 2. The van der Waals surface area contributed by atoms with Crippen LogP contribution in [0.15, 0.2) is 39.0 Å². The van der Waals surface area contributed by atoms with Crippen LogP contribution in [0, 0.1) is 20.2 Å². The minimum atomic E-state index is -0.854. The summed E-state index contributed by atoms with van der Waals surface area (Å²) in [5, 5.41) is 33.2. The SMILES string of the molecule is CCOc1cc(/N=N/c2c(Br)cc([N+](=O)[O-])cc2[N+](=O)[O-])c(NC(C)=O)cc1N(CC(=O)OC)CC(=O)OC. The second kappa shape index (κ2) is 13.8. The molecule has 2 aromatic rings. The van der Waals surface area contributed by atoms with Gasteiger partial charge < -0.3 is 24.4 Å². The molecule has 2 rings (SSSR count). The van der Waals surface area contributed by atoms with Crippen LogP contribution in [0.2, 0.25) is 0 Å². The normalized spacial score (nSPS) is 10.6. The molecule has 0 aromatic heterocycles. The van der Waals surface area contributed by atoms with Crippen LogP contribution >= 0.6 is 15.9 Å². The zero-order valence-corrected chi connectivity index (χ0v) is 22.7. The van der Waals surface area contributed by atoms with Gasteiger partial charge >= 0.3 is 17.6 Å². The zero-order chi connectivity index (χ0) is 29.3. The van der Waals surface area contributed by atoms with E-state index in [2.05, 4.69) is 31.5 Å². The molecule has 208 valence electrons. The largest absolute Gasteiger partial charge is 0.492 e. The zero-order valence-electron chi connectivity index (χ0n) is 21.1. The van der Waals surface area contributed by atoms with E-state index in [-0.39, 0.29) is 52.7 Å². The summed E-state index contributed by atoms with van der Waals surface area (Å²) in [6, 6.07) is 4.47. The summed E-state index contributed by atoms with van der Waals surface area (Å²) in [6.07, 6.45) is 0. The molecule has 0 unspecified atom stereocenters. The summed E-state index contributed by atoms with van der Waals surface area (Å²) in [7, 11) is 2.34. The molecular weight excluding hydrogens is 588 g/mol. The highest BCUT2D eigenvalue weighted by Crippen LogP contribution is 2.43. The Balaban J connectivity index is 2.74. The predicted molar refractivity (Wildman–Crippen MR) is 140 cm³/mol. The highest BCUT2D eigenvalue weighted by Gasteiger charge is 2.25. The lowest BCUT2D eigenvalue weighted by molar-refractivity contribution is -0.393. The first kappa shape index (κ1) is 30.6. The van der Waals surface area contributed by atoms with Crippen molar-refractivity contribution in [2.24, 2.45) is 10.2 Å². The van der Waals surface area contributed by atoms with Crippen LogP contribution in [-0.2, 0) is 23.9 Å². The Morgan fingerprint density at radius 1 is 1.00 bits per heavy atom. The number of carbonyl (C=O) groups is 3. The van der Waals surface area contributed by atoms with E-state index in [0.717, 1.165) is 12.1 Å². The van der Waals surface area contributed by atoms with Crippen molar-refractivity contribution < 1.29 is 38.4 Å². The topological polar surface area (TPSA) is 205 Å². The number of carbonyl (C=O) groups excluding carboxylic acids is 3. The van der Waals surface area contributed by atoms with Gasteiger partial charge in [0.1, 0.15) is 24.5 Å². The second-order valence-electron chi connectivity index (χ2n) is 7.47. The summed E-state index contributed by atoms with van der Waals surface area (Å²) >= 11 is 3.05. The predicted octanol–water partition coefficient (Wildman–Crippen LogP) is 4.19. The number of rotatable bonds is 12. The molecule has 0 spiro atoms. The first-order valence-corrected chi connectivity index (χ1v) is 11.7. The van der Waals surface area contributed by atoms with Gasteiger partial charge in [0.05, 0.1) is 52.6 Å². The highest BCUT2D eigenvalue weighted by molar-refractivity contribution is 9.10. The van der Waals surface area contributed by atoms with E-state index in [0.29, 0.717) is 0 Å². The molecule has 0 heterocycles. The number of esters is 2. The third-order valence-electron chi connectivity index (χ3n) is 4.82. The quantitative estimate of drug-likeness (QED) is 0.156. The lowest BCUT2D eigenvalue weighted by Gasteiger charge is -2.25. The van der Waals surface area contributed by atoms with Crippen LogP contribution < -0.4 is 15.0 Å². The Morgan fingerprint density at radius 2 is 1.62 bits per heavy atom. The summed E-state index contributed by atoms with van der Waals surface area (Å²) < 4.78 is 15.0. The molecule has 39 heavy (non-hydrogen) atoms. The van der Waals surface area contributed by atoms with Crippen LogP contribution in [0.1, 0.15) is 13.8 Å². The van der Waals surface area contributed by atoms with Gasteiger partial charge in [0, 0.05) is 19.1 Å². The van der Waals surface area contributed by atoms with Gasteiger partial charge in [-0.25, -0.2) is 0 Å². The van der Waals surface area contributed by atoms with Gasteiger partial charge in [-0.15, -0.1) is 10.2 Å². The van der Waals surface area contributed by atoms with Gasteiger partial charge in [-0.1, -0.05) is 0 Å². The molecule has 17 heteroatoms. The van der Waals surface area contributed by atoms with Gasteiger partial charge in [-0.3, -0.25) is 34.6 Å². The van der Waals surface area contributed by atoms with Gasteiger partial charge in [0.25, 0.3) is 5.69 Å². The Labute approximate surface area is 229 Å². The number of amides is 1. The molecule has 0 saturated heterocycles. The maximum Gasteiger partial charge on any atom is 0.325 e. The second-order valence-corrected chi connectivity index (χ2v) is 8.32. The summed E-state index contributed by atoms with van der Waals surface area (Å²) in [6.45, 7) is 2.28. The molecule has 2 aromatic carbocycles. The fourth-order valence-electron chi connectivity index (χ4n) is 3.13. The van der Waals surface area contributed by atoms with E-state index in [4.69, 9.17) is 14.2 Å². The average Bonchev–Trinajstić information content (AvgIpc) is 2.87. The summed E-state index contributed by atoms with van der Waals surface area (Å²) in [4.78, 5) is 58.4. The van der Waals surface area contributed by atoms with E-state index >= 15 is 0 Å². The van der Waals surface area contributed by atoms with E-state index in [9.17, 15) is 34.6 Å². The highest BCUT2D eigenvalue weighted by atomic mass is 79.9. The standard InChI is InChI=1S/C22H23BrN6O10/c1-5-39-19-9-16(25-26-22-14(23)6-13(28(33)34)7-18(22)29(35)36)15(24-12(2)30)8-17(19)27(10-20(31)37-3)11-21(32)38-4/h6-9H,5,10-11H2,1-4H3,(H,24,30)/b26-25+. The van der Waals surface area contributed by atoms with Crippen molar-refractivity contribution in [3.63, 3.8) is 0 Å². The fraction of sp³-hybridized carbons (Fsp3) is 0.318. The first-order valence-electron chi connectivity index (χ1n) is 10.9. The number of anilines is 2. The van der Waals surface area contributed by atoms with Crippen molar-refractivity contribution in [3.8, 4) is 5.75 Å². The fourth-order valence-corrected chi connectivity index (χ4v) is 3.65. The molecule has 1 amide bonds. The Hall–Kier alpha value is -4.67. The number of nitrogens with zero attached hydrogens (tertiary/aromatic N) is 5. The number of azo groups is 1. The number of hydrogen-bond donors (Lipinski definition) is 1. The number of halogens is 1. The van der Waals surface area contributed by atoms with E-state index < -0.39 is 39.1 Å². The van der Waals surface area contributed by atoms with E-state index in [1.54, 1.807) is 6.92 Å². The first-order chi connectivity index (χ1) is 18.4. The molecule has 1 N–H and O–H groups in total. The lowest BCUT2D eigenvalue weighted by atomic mass is 10.2. The maximum atomic E-state index is 12.0. The van der Waals surface area contributed by atoms with E-state index in [1.807, 2.05) is 0 Å². The maximum absolute atomic E-state index is 12.0. The molecule has 0 aliphatic heterocycles. The number of nitro benzene ring substituents is 2. The monoisotopic (exact) mass is 610 g/mol. The lowest BCUT2D eigenvalue weighted by Crippen LogP contribution is -2.36. The minimum Gasteiger partial charge on any atom is -0.492 e. The van der Waals surface area contributed by atoms with Crippen molar-refractivity contribution >= 4 is 67.9 Å². The Morgan fingerprint density at radius 3 is 2.10 bits per heavy atom. The summed E-state index contributed by atoms with van der Waals surface area (Å²) in [5.41, 5.74) is -1.33. The molecular formula is C22H23BrN6O10. The van der Waals surface area contributed by atoms with Crippen molar-refractivity contribution in [1.82, 2.24) is 0 Å². The molecule has 16 nitrogen and oxygen atoms in total. The van der Waals surface area contributed by atoms with Crippen LogP contribution in [-0.4, -0.2) is 61.6 Å². The smallest absolute Gasteiger partial charge is 0.325 e. The number of benzene rings is 2. The van der Waals surface area contributed by atoms with Gasteiger partial charge in [-0.05, 0) is 28.9 Å². The van der Waals surface area contributed by atoms with Gasteiger partial charge in [0.2, 0.25) is 5.91 Å². The van der Waals surface area contributed by atoms with Crippen LogP contribution in [0.3, 0.4) is 0 Å². The van der Waals surface area contributed by atoms with Crippen LogP contribution in [0.4, 0.5) is 34.1 Å². The van der Waals surface area contributed by atoms with Crippen molar-refractivity contribution in [1.29, 1.82) is 0 Å². The molecule has 0 fully saturated rings. The van der Waals surface area contributed by atoms with E-state index in [1.165, 1.54) is 38.2 Å². The average molecular weight is 611 g/mol. The molecule has 0 radical (unpaired) electrons. The Bertz CT molecular complexity index is 1310. The van der Waals surface area contributed by atoms with Crippen molar-refractivity contribution in [3.05, 3.63) is 49.0 Å². The number of ether oxygens (including phenoxy) is 3. The minimum absolute atomic E-state index is 0.0203. The molecule has 0 saturated carbocycles. The van der Waals surface area contributed by atoms with Crippen LogP contribution in [0.25, 0.3) is 0 Å². The Kier molecular flexibility index (Phi) is 10.8. The third-order valence-corrected chi connectivity index (χ3v) is 5.42. The number of hydrogen-bond acceptors (Lipinski definition) is 13. The molecule has 0 atom stereocenters. The van der Waals surface area contributed by atoms with Crippen molar-refractivity contribution in [2.45, 2.75) is 13.8 Å². The molecule has 0 aliphatic rings. The van der Waals surface area contributed by atoms with Crippen LogP contribution in [0.5, 0.6) is 5.75 Å². The number of non-ortho nitro benzene ring substituents is 1. The molecule has 0 aliphatic carbocycles. The summed E-state index contributed by atoms with van der Waals surface area (Å²) in [5.74, 6) is -1.76. The number of nitro groups is 2. The molecule has 0 bridgehead atoms. The van der Waals surface area contributed by atoms with Gasteiger partial charge in [0.15, 0.2) is 5.69 Å².